The number of benzene rings is 1. The number of hydrogen-bond acceptors (Lipinski definition) is 4. The number of nitrogens with one attached hydrogen (secondary N) is 3. The Morgan fingerprint density at radius 1 is 1.20 bits per heavy atom. The van der Waals surface area contributed by atoms with Gasteiger partial charge in [-0.05, 0) is 31.0 Å². The highest BCUT2D eigenvalue weighted by Gasteiger charge is 2.14. The molecule has 1 aromatic carbocycles. The van der Waals surface area contributed by atoms with Gasteiger partial charge < -0.3 is 19.7 Å². The van der Waals surface area contributed by atoms with E-state index in [1.165, 1.54) is 0 Å². The summed E-state index contributed by atoms with van der Waals surface area (Å²) in [7, 11) is 5.13. The molecule has 3 N–H and O–H groups in total. The molecule has 0 radical (unpaired) electrons. The summed E-state index contributed by atoms with van der Waals surface area (Å²) >= 11 is 0. The topological polar surface area (TPSA) is 81.1 Å². The second-order valence-electron chi connectivity index (χ2n) is 6.15. The SMILES string of the molecule is CC[C@H](C)NC(=O)NC(=O)C[NH+](C)CCc1ccc(OC)c(OC)c1. The number of carbonyl (C=O) groups is 2. The van der Waals surface area contributed by atoms with Gasteiger partial charge >= 0.3 is 6.03 Å². The Kier molecular flexibility index (Phi) is 8.77. The minimum Gasteiger partial charge on any atom is -0.493 e. The van der Waals surface area contributed by atoms with Crippen LogP contribution in [-0.4, -0.2) is 52.3 Å². The van der Waals surface area contributed by atoms with E-state index in [0.29, 0.717) is 11.5 Å². The van der Waals surface area contributed by atoms with Gasteiger partial charge in [0.2, 0.25) is 0 Å². The van der Waals surface area contributed by atoms with E-state index in [4.69, 9.17) is 9.47 Å². The zero-order valence-electron chi connectivity index (χ0n) is 15.8. The number of amides is 3. The number of likely N-dealkylation sites (N-methyl/N-ethyl adjacent to an activating group) is 1. The first-order chi connectivity index (χ1) is 11.9. The van der Waals surface area contributed by atoms with Crippen molar-refractivity contribution in [1.82, 2.24) is 10.6 Å². The summed E-state index contributed by atoms with van der Waals surface area (Å²) in [6.45, 7) is 4.86. The number of hydrogen-bond donors (Lipinski definition) is 3. The van der Waals surface area contributed by atoms with Crippen LogP contribution in [-0.2, 0) is 11.2 Å². The Hall–Kier alpha value is -2.28. The number of carbonyl (C=O) groups excluding carboxylic acids is 2. The van der Waals surface area contributed by atoms with Crippen LogP contribution in [0.15, 0.2) is 18.2 Å². The first-order valence-corrected chi connectivity index (χ1v) is 8.52. The van der Waals surface area contributed by atoms with Crippen molar-refractivity contribution in [2.75, 3.05) is 34.4 Å². The van der Waals surface area contributed by atoms with Crippen molar-refractivity contribution in [2.45, 2.75) is 32.7 Å². The van der Waals surface area contributed by atoms with Crippen LogP contribution >= 0.6 is 0 Å². The van der Waals surface area contributed by atoms with Gasteiger partial charge in [-0.2, -0.15) is 0 Å². The molecule has 0 aliphatic heterocycles. The second kappa shape index (κ2) is 10.6. The van der Waals surface area contributed by atoms with E-state index in [9.17, 15) is 9.59 Å². The molecule has 0 aliphatic carbocycles. The molecular weight excluding hydrogens is 322 g/mol. The predicted molar refractivity (Wildman–Crippen MR) is 96.3 cm³/mol. The van der Waals surface area contributed by atoms with E-state index < -0.39 is 6.03 Å². The van der Waals surface area contributed by atoms with Crippen molar-refractivity contribution in [2.24, 2.45) is 0 Å². The quantitative estimate of drug-likeness (QED) is 0.600. The van der Waals surface area contributed by atoms with Gasteiger partial charge in [0.15, 0.2) is 18.0 Å². The Morgan fingerprint density at radius 2 is 1.88 bits per heavy atom. The molecule has 0 bridgehead atoms. The summed E-state index contributed by atoms with van der Waals surface area (Å²) < 4.78 is 10.5. The van der Waals surface area contributed by atoms with Gasteiger partial charge in [-0.3, -0.25) is 10.1 Å². The number of urea groups is 1. The Labute approximate surface area is 149 Å². The number of imide groups is 1. The maximum atomic E-state index is 11.9. The fourth-order valence-corrected chi connectivity index (χ4v) is 2.29. The van der Waals surface area contributed by atoms with Crippen LogP contribution < -0.4 is 25.0 Å². The molecule has 25 heavy (non-hydrogen) atoms. The number of quaternary nitrogens is 1. The molecule has 0 spiro atoms. The average molecular weight is 352 g/mol. The molecule has 1 unspecified atom stereocenters. The normalized spacial score (nSPS) is 12.8. The lowest BCUT2D eigenvalue weighted by molar-refractivity contribution is -0.870. The summed E-state index contributed by atoms with van der Waals surface area (Å²) in [6.07, 6.45) is 1.61. The van der Waals surface area contributed by atoms with Crippen LogP contribution in [0.25, 0.3) is 0 Å². The van der Waals surface area contributed by atoms with Crippen LogP contribution in [0.4, 0.5) is 4.79 Å². The minimum atomic E-state index is -0.438. The third kappa shape index (κ3) is 7.43. The van der Waals surface area contributed by atoms with Gasteiger partial charge in [0.25, 0.3) is 5.91 Å². The smallest absolute Gasteiger partial charge is 0.321 e. The summed E-state index contributed by atoms with van der Waals surface area (Å²) in [6, 6.07) is 5.39. The van der Waals surface area contributed by atoms with Gasteiger partial charge in [0, 0.05) is 12.5 Å². The zero-order valence-corrected chi connectivity index (χ0v) is 15.8. The second-order valence-corrected chi connectivity index (χ2v) is 6.15. The summed E-state index contributed by atoms with van der Waals surface area (Å²) in [4.78, 5) is 24.6. The standard InChI is InChI=1S/C18H29N3O4/c1-6-13(2)19-18(23)20-17(22)12-21(3)10-9-14-7-8-15(24-4)16(11-14)25-5/h7-8,11,13H,6,9-10,12H2,1-5H3,(H2,19,20,22,23)/p+1/t13-/m0/s1. The zero-order chi connectivity index (χ0) is 18.8. The molecule has 1 aromatic rings. The van der Waals surface area contributed by atoms with Crippen molar-refractivity contribution in [3.63, 3.8) is 0 Å². The predicted octanol–water partition coefficient (Wildman–Crippen LogP) is 0.385. The molecule has 7 heteroatoms. The highest BCUT2D eigenvalue weighted by Crippen LogP contribution is 2.27. The highest BCUT2D eigenvalue weighted by molar-refractivity contribution is 5.94. The minimum absolute atomic E-state index is 0.0444. The van der Waals surface area contributed by atoms with Crippen LogP contribution in [0.3, 0.4) is 0 Å². The fraction of sp³-hybridized carbons (Fsp3) is 0.556. The molecule has 0 heterocycles. The molecule has 3 amide bonds. The molecule has 0 aromatic heterocycles. The van der Waals surface area contributed by atoms with E-state index in [1.54, 1.807) is 14.2 Å². The molecular formula is C18H30N3O4+. The molecule has 0 fully saturated rings. The van der Waals surface area contributed by atoms with Gasteiger partial charge in [-0.15, -0.1) is 0 Å². The van der Waals surface area contributed by atoms with Crippen LogP contribution in [0.5, 0.6) is 11.5 Å². The van der Waals surface area contributed by atoms with E-state index in [-0.39, 0.29) is 18.5 Å². The molecule has 0 saturated carbocycles. The largest absolute Gasteiger partial charge is 0.493 e. The first kappa shape index (κ1) is 20.8. The van der Waals surface area contributed by atoms with E-state index in [0.717, 1.165) is 29.8 Å². The highest BCUT2D eigenvalue weighted by atomic mass is 16.5. The van der Waals surface area contributed by atoms with Crippen molar-refractivity contribution in [1.29, 1.82) is 0 Å². The average Bonchev–Trinajstić information content (AvgIpc) is 2.58. The van der Waals surface area contributed by atoms with Gasteiger partial charge in [-0.25, -0.2) is 4.79 Å². The molecule has 7 nitrogen and oxygen atoms in total. The summed E-state index contributed by atoms with van der Waals surface area (Å²) in [5.74, 6) is 1.10. The molecule has 2 atom stereocenters. The monoisotopic (exact) mass is 352 g/mol. The van der Waals surface area contributed by atoms with E-state index in [1.807, 2.05) is 39.1 Å². The lowest BCUT2D eigenvalue weighted by Gasteiger charge is -2.15. The van der Waals surface area contributed by atoms with Gasteiger partial charge in [0.05, 0.1) is 27.8 Å². The van der Waals surface area contributed by atoms with Crippen molar-refractivity contribution in [3.8, 4) is 11.5 Å². The van der Waals surface area contributed by atoms with E-state index in [2.05, 4.69) is 10.6 Å². The third-order valence-electron chi connectivity index (χ3n) is 3.99. The van der Waals surface area contributed by atoms with Crippen molar-refractivity contribution >= 4 is 11.9 Å². The Bertz CT molecular complexity index is 577. The maximum absolute atomic E-state index is 11.9. The lowest BCUT2D eigenvalue weighted by atomic mass is 10.1. The van der Waals surface area contributed by atoms with Crippen LogP contribution in [0.2, 0.25) is 0 Å². The molecule has 0 saturated heterocycles. The first-order valence-electron chi connectivity index (χ1n) is 8.52. The van der Waals surface area contributed by atoms with Crippen LogP contribution in [0, 0.1) is 0 Å². The number of methoxy groups -OCH3 is 2. The molecule has 0 aliphatic rings. The fourth-order valence-electron chi connectivity index (χ4n) is 2.29. The Balaban J connectivity index is 2.43. The van der Waals surface area contributed by atoms with Crippen molar-refractivity contribution < 1.29 is 24.0 Å². The molecule has 1 rings (SSSR count). The maximum Gasteiger partial charge on any atom is 0.321 e. The number of rotatable bonds is 9. The lowest BCUT2D eigenvalue weighted by Crippen LogP contribution is -3.10. The molecule has 140 valence electrons. The summed E-state index contributed by atoms with van der Waals surface area (Å²) in [5.41, 5.74) is 1.10. The van der Waals surface area contributed by atoms with E-state index >= 15 is 0 Å². The van der Waals surface area contributed by atoms with Gasteiger partial charge in [0.1, 0.15) is 0 Å². The number of ether oxygens (including phenoxy) is 2. The third-order valence-corrected chi connectivity index (χ3v) is 3.99. The summed E-state index contributed by atoms with van der Waals surface area (Å²) in [5, 5.41) is 5.07. The van der Waals surface area contributed by atoms with Crippen LogP contribution in [0.1, 0.15) is 25.8 Å². The Morgan fingerprint density at radius 3 is 2.48 bits per heavy atom. The van der Waals surface area contributed by atoms with Crippen molar-refractivity contribution in [3.05, 3.63) is 23.8 Å². The van der Waals surface area contributed by atoms with Gasteiger partial charge in [-0.1, -0.05) is 13.0 Å².